The van der Waals surface area contributed by atoms with E-state index in [4.69, 9.17) is 0 Å². The number of aromatic nitrogens is 2. The molecule has 1 atom stereocenters. The molecule has 23 heavy (non-hydrogen) atoms. The van der Waals surface area contributed by atoms with Gasteiger partial charge in [-0.25, -0.2) is 4.79 Å². The number of hydrogen-bond acceptors (Lipinski definition) is 3. The molecule has 0 unspecified atom stereocenters. The Bertz CT molecular complexity index is 687. The molecule has 6 nitrogen and oxygen atoms in total. The standard InChI is InChI=1S/C17H21N3O3/c1-17(2,3)14(16(22)23)19-15(21)13-9-18-20(11-13)10-12-7-5-4-6-8-12/h4-9,11,14H,10H2,1-3H3,(H,19,21)(H,22,23)/t14-/m1/s1. The number of benzene rings is 1. The smallest absolute Gasteiger partial charge is 0.326 e. The van der Waals surface area contributed by atoms with Gasteiger partial charge in [0.05, 0.1) is 18.3 Å². The quantitative estimate of drug-likeness (QED) is 0.885. The highest BCUT2D eigenvalue weighted by Crippen LogP contribution is 2.20. The fourth-order valence-corrected chi connectivity index (χ4v) is 2.20. The molecule has 1 amide bonds. The van der Waals surface area contributed by atoms with E-state index in [1.807, 2.05) is 30.3 Å². The first-order valence-electron chi connectivity index (χ1n) is 7.37. The Hall–Kier alpha value is -2.63. The maximum Gasteiger partial charge on any atom is 0.326 e. The van der Waals surface area contributed by atoms with Crippen molar-refractivity contribution in [1.82, 2.24) is 15.1 Å². The zero-order valence-electron chi connectivity index (χ0n) is 13.5. The van der Waals surface area contributed by atoms with Crippen LogP contribution in [0.25, 0.3) is 0 Å². The molecule has 122 valence electrons. The van der Waals surface area contributed by atoms with Crippen molar-refractivity contribution < 1.29 is 14.7 Å². The van der Waals surface area contributed by atoms with Crippen LogP contribution in [0.1, 0.15) is 36.7 Å². The van der Waals surface area contributed by atoms with Crippen LogP contribution in [0.4, 0.5) is 0 Å². The van der Waals surface area contributed by atoms with Gasteiger partial charge in [-0.1, -0.05) is 51.1 Å². The minimum absolute atomic E-state index is 0.344. The van der Waals surface area contributed by atoms with E-state index in [0.29, 0.717) is 12.1 Å². The minimum atomic E-state index is -1.05. The van der Waals surface area contributed by atoms with Crippen molar-refractivity contribution in [3.05, 3.63) is 53.9 Å². The molecule has 6 heteroatoms. The Kier molecular flexibility index (Phi) is 4.83. The molecule has 0 aliphatic heterocycles. The maximum absolute atomic E-state index is 12.2. The summed E-state index contributed by atoms with van der Waals surface area (Å²) in [5.41, 5.74) is 0.832. The Morgan fingerprint density at radius 2 is 1.91 bits per heavy atom. The van der Waals surface area contributed by atoms with Crippen molar-refractivity contribution in [2.75, 3.05) is 0 Å². The summed E-state index contributed by atoms with van der Waals surface area (Å²) in [5.74, 6) is -1.49. The van der Waals surface area contributed by atoms with Crippen LogP contribution in [0.5, 0.6) is 0 Å². The molecule has 2 N–H and O–H groups in total. The average Bonchev–Trinajstić information content (AvgIpc) is 2.92. The summed E-state index contributed by atoms with van der Waals surface area (Å²) in [6.45, 7) is 5.86. The van der Waals surface area contributed by atoms with Crippen LogP contribution >= 0.6 is 0 Å². The van der Waals surface area contributed by atoms with Crippen molar-refractivity contribution in [3.63, 3.8) is 0 Å². The zero-order chi connectivity index (χ0) is 17.0. The highest BCUT2D eigenvalue weighted by atomic mass is 16.4. The Morgan fingerprint density at radius 1 is 1.26 bits per heavy atom. The Morgan fingerprint density at radius 3 is 2.48 bits per heavy atom. The van der Waals surface area contributed by atoms with Gasteiger partial charge in [0.2, 0.25) is 0 Å². The van der Waals surface area contributed by atoms with Gasteiger partial charge in [-0.05, 0) is 11.0 Å². The molecule has 0 saturated carbocycles. The van der Waals surface area contributed by atoms with Gasteiger partial charge < -0.3 is 10.4 Å². The van der Waals surface area contributed by atoms with E-state index in [9.17, 15) is 14.7 Å². The van der Waals surface area contributed by atoms with Crippen LogP contribution in [0.15, 0.2) is 42.7 Å². The van der Waals surface area contributed by atoms with Crippen LogP contribution in [-0.2, 0) is 11.3 Å². The molecule has 1 heterocycles. The third-order valence-corrected chi connectivity index (χ3v) is 3.47. The fourth-order valence-electron chi connectivity index (χ4n) is 2.20. The largest absolute Gasteiger partial charge is 0.480 e. The van der Waals surface area contributed by atoms with Crippen molar-refractivity contribution in [3.8, 4) is 0 Å². The number of hydrogen-bond donors (Lipinski definition) is 2. The molecular formula is C17H21N3O3. The molecule has 2 aromatic rings. The van der Waals surface area contributed by atoms with Crippen LogP contribution in [0.2, 0.25) is 0 Å². The maximum atomic E-state index is 12.2. The van der Waals surface area contributed by atoms with Crippen molar-refractivity contribution in [2.45, 2.75) is 33.4 Å². The highest BCUT2D eigenvalue weighted by molar-refractivity contribution is 5.96. The van der Waals surface area contributed by atoms with E-state index in [0.717, 1.165) is 5.56 Å². The number of carboxylic acids is 1. The van der Waals surface area contributed by atoms with Gasteiger partial charge >= 0.3 is 5.97 Å². The molecule has 1 aromatic heterocycles. The van der Waals surface area contributed by atoms with E-state index in [1.165, 1.54) is 6.20 Å². The number of nitrogens with zero attached hydrogens (tertiary/aromatic N) is 2. The average molecular weight is 315 g/mol. The first kappa shape index (κ1) is 16.7. The SMILES string of the molecule is CC(C)(C)[C@H](NC(=O)c1cnn(Cc2ccccc2)c1)C(=O)O. The second kappa shape index (κ2) is 6.64. The van der Waals surface area contributed by atoms with E-state index in [1.54, 1.807) is 31.6 Å². The van der Waals surface area contributed by atoms with Crippen LogP contribution in [0, 0.1) is 5.41 Å². The molecule has 1 aromatic carbocycles. The second-order valence-corrected chi connectivity index (χ2v) is 6.52. The number of carbonyl (C=O) groups excluding carboxylic acids is 1. The minimum Gasteiger partial charge on any atom is -0.480 e. The molecule has 0 radical (unpaired) electrons. The number of rotatable bonds is 5. The lowest BCUT2D eigenvalue weighted by atomic mass is 9.86. The van der Waals surface area contributed by atoms with E-state index < -0.39 is 23.3 Å². The molecular weight excluding hydrogens is 294 g/mol. The Labute approximate surface area is 135 Å². The molecule has 0 aliphatic rings. The summed E-state index contributed by atoms with van der Waals surface area (Å²) >= 11 is 0. The van der Waals surface area contributed by atoms with Gasteiger partial charge in [-0.3, -0.25) is 9.48 Å². The number of amides is 1. The van der Waals surface area contributed by atoms with Crippen molar-refractivity contribution >= 4 is 11.9 Å². The lowest BCUT2D eigenvalue weighted by Gasteiger charge is -2.27. The third-order valence-electron chi connectivity index (χ3n) is 3.47. The van der Waals surface area contributed by atoms with Gasteiger partial charge in [-0.2, -0.15) is 5.10 Å². The third kappa shape index (κ3) is 4.42. The van der Waals surface area contributed by atoms with Crippen molar-refractivity contribution in [1.29, 1.82) is 0 Å². The predicted octanol–water partition coefficient (Wildman–Crippen LogP) is 2.16. The Balaban J connectivity index is 2.07. The van der Waals surface area contributed by atoms with Crippen molar-refractivity contribution in [2.24, 2.45) is 5.41 Å². The normalized spacial score (nSPS) is 12.7. The van der Waals surface area contributed by atoms with Gasteiger partial charge in [0.15, 0.2) is 0 Å². The summed E-state index contributed by atoms with van der Waals surface area (Å²) in [6.07, 6.45) is 3.06. The number of aliphatic carboxylic acids is 1. The zero-order valence-corrected chi connectivity index (χ0v) is 13.5. The van der Waals surface area contributed by atoms with E-state index in [-0.39, 0.29) is 0 Å². The predicted molar refractivity (Wildman–Crippen MR) is 86.1 cm³/mol. The monoisotopic (exact) mass is 315 g/mol. The summed E-state index contributed by atoms with van der Waals surface area (Å²) in [4.78, 5) is 23.6. The summed E-state index contributed by atoms with van der Waals surface area (Å²) in [6, 6.07) is 8.79. The van der Waals surface area contributed by atoms with E-state index in [2.05, 4.69) is 10.4 Å². The van der Waals surface area contributed by atoms with E-state index >= 15 is 0 Å². The summed E-state index contributed by atoms with van der Waals surface area (Å²) in [7, 11) is 0. The fraction of sp³-hybridized carbons (Fsp3) is 0.353. The van der Waals surface area contributed by atoms with Crippen LogP contribution in [0.3, 0.4) is 0 Å². The van der Waals surface area contributed by atoms with Gasteiger partial charge in [-0.15, -0.1) is 0 Å². The summed E-state index contributed by atoms with van der Waals surface area (Å²) < 4.78 is 1.65. The number of carbonyl (C=O) groups is 2. The lowest BCUT2D eigenvalue weighted by Crippen LogP contribution is -2.49. The first-order chi connectivity index (χ1) is 10.8. The summed E-state index contributed by atoms with van der Waals surface area (Å²) in [5, 5.41) is 16.0. The topological polar surface area (TPSA) is 84.2 Å². The molecule has 0 aliphatic carbocycles. The second-order valence-electron chi connectivity index (χ2n) is 6.52. The molecule has 0 spiro atoms. The number of nitrogens with one attached hydrogen (secondary N) is 1. The molecule has 2 rings (SSSR count). The highest BCUT2D eigenvalue weighted by Gasteiger charge is 2.33. The first-order valence-corrected chi connectivity index (χ1v) is 7.37. The van der Waals surface area contributed by atoms with Gasteiger partial charge in [0.1, 0.15) is 6.04 Å². The molecule has 0 bridgehead atoms. The van der Waals surface area contributed by atoms with Crippen LogP contribution < -0.4 is 5.32 Å². The molecule has 0 fully saturated rings. The molecule has 0 saturated heterocycles. The van der Waals surface area contributed by atoms with Gasteiger partial charge in [0, 0.05) is 6.20 Å². The van der Waals surface area contributed by atoms with Gasteiger partial charge in [0.25, 0.3) is 5.91 Å². The lowest BCUT2D eigenvalue weighted by molar-refractivity contribution is -0.142. The van der Waals surface area contributed by atoms with Crippen LogP contribution in [-0.4, -0.2) is 32.8 Å². The number of carboxylic acid groups (broad SMARTS) is 1.